The summed E-state index contributed by atoms with van der Waals surface area (Å²) in [7, 11) is 1.65. The number of rotatable bonds is 6. The molecule has 1 amide bonds. The number of thioether (sulfide) groups is 1. The van der Waals surface area contributed by atoms with E-state index >= 15 is 0 Å². The Morgan fingerprint density at radius 3 is 2.89 bits per heavy atom. The SMILES string of the molecule is COc1ccccc1SCC(=O)N[C@H](C)C1CC1. The van der Waals surface area contributed by atoms with Crippen LogP contribution in [0.4, 0.5) is 0 Å². The Kier molecular flexibility index (Phi) is 4.53. The molecule has 0 heterocycles. The number of carbonyl (C=O) groups excluding carboxylic acids is 1. The third-order valence-corrected chi connectivity index (χ3v) is 4.20. The van der Waals surface area contributed by atoms with Crippen molar-refractivity contribution in [3.63, 3.8) is 0 Å². The number of benzene rings is 1. The quantitative estimate of drug-likeness (QED) is 0.804. The van der Waals surface area contributed by atoms with E-state index in [0.717, 1.165) is 10.6 Å². The fourth-order valence-corrected chi connectivity index (χ4v) is 2.73. The second kappa shape index (κ2) is 6.14. The maximum Gasteiger partial charge on any atom is 0.230 e. The Morgan fingerprint density at radius 2 is 2.22 bits per heavy atom. The third-order valence-electron chi connectivity index (χ3n) is 3.15. The highest BCUT2D eigenvalue weighted by molar-refractivity contribution is 8.00. The summed E-state index contributed by atoms with van der Waals surface area (Å²) in [4.78, 5) is 12.8. The second-order valence-electron chi connectivity index (χ2n) is 4.63. The molecule has 1 aromatic rings. The van der Waals surface area contributed by atoms with Crippen LogP contribution in [0.5, 0.6) is 5.75 Å². The molecule has 0 radical (unpaired) electrons. The van der Waals surface area contributed by atoms with Gasteiger partial charge in [0.2, 0.25) is 5.91 Å². The van der Waals surface area contributed by atoms with E-state index in [0.29, 0.717) is 17.7 Å². The average Bonchev–Trinajstić information content (AvgIpc) is 3.21. The van der Waals surface area contributed by atoms with Gasteiger partial charge in [-0.2, -0.15) is 0 Å². The lowest BCUT2D eigenvalue weighted by molar-refractivity contribution is -0.119. The molecule has 1 aliphatic carbocycles. The minimum absolute atomic E-state index is 0.102. The van der Waals surface area contributed by atoms with Crippen LogP contribution in [-0.4, -0.2) is 24.8 Å². The van der Waals surface area contributed by atoms with E-state index in [2.05, 4.69) is 12.2 Å². The van der Waals surface area contributed by atoms with E-state index in [4.69, 9.17) is 4.74 Å². The van der Waals surface area contributed by atoms with Gasteiger partial charge < -0.3 is 10.1 Å². The first-order valence-electron chi connectivity index (χ1n) is 6.26. The molecule has 1 atom stereocenters. The Labute approximate surface area is 112 Å². The number of para-hydroxylation sites is 1. The summed E-state index contributed by atoms with van der Waals surface area (Å²) in [5.74, 6) is 2.07. The van der Waals surface area contributed by atoms with E-state index in [9.17, 15) is 4.79 Å². The summed E-state index contributed by atoms with van der Waals surface area (Å²) in [5.41, 5.74) is 0. The predicted octanol–water partition coefficient (Wildman–Crippen LogP) is 2.70. The number of nitrogens with one attached hydrogen (secondary N) is 1. The number of ether oxygens (including phenoxy) is 1. The van der Waals surface area contributed by atoms with Crippen molar-refractivity contribution in [1.82, 2.24) is 5.32 Å². The molecule has 0 saturated heterocycles. The maximum absolute atomic E-state index is 11.8. The van der Waals surface area contributed by atoms with Crippen LogP contribution < -0.4 is 10.1 Å². The number of methoxy groups -OCH3 is 1. The zero-order valence-electron chi connectivity index (χ0n) is 10.8. The molecule has 0 unspecified atom stereocenters. The van der Waals surface area contributed by atoms with Gasteiger partial charge in [-0.25, -0.2) is 0 Å². The van der Waals surface area contributed by atoms with Crippen LogP contribution in [0.2, 0.25) is 0 Å². The highest BCUT2D eigenvalue weighted by atomic mass is 32.2. The van der Waals surface area contributed by atoms with E-state index in [-0.39, 0.29) is 5.91 Å². The van der Waals surface area contributed by atoms with Gasteiger partial charge in [-0.3, -0.25) is 4.79 Å². The van der Waals surface area contributed by atoms with Crippen molar-refractivity contribution in [2.24, 2.45) is 5.92 Å². The zero-order valence-corrected chi connectivity index (χ0v) is 11.6. The average molecular weight is 265 g/mol. The second-order valence-corrected chi connectivity index (χ2v) is 5.65. The first-order chi connectivity index (χ1) is 8.70. The molecular formula is C14H19NO2S. The number of hydrogen-bond acceptors (Lipinski definition) is 3. The fourth-order valence-electron chi connectivity index (χ4n) is 1.89. The molecule has 1 aromatic carbocycles. The summed E-state index contributed by atoms with van der Waals surface area (Å²) in [6.45, 7) is 2.09. The Balaban J connectivity index is 1.81. The van der Waals surface area contributed by atoms with Crippen molar-refractivity contribution in [2.75, 3.05) is 12.9 Å². The molecule has 3 nitrogen and oxygen atoms in total. The topological polar surface area (TPSA) is 38.3 Å². The van der Waals surface area contributed by atoms with Crippen LogP contribution in [-0.2, 0) is 4.79 Å². The van der Waals surface area contributed by atoms with Crippen molar-refractivity contribution in [2.45, 2.75) is 30.7 Å². The van der Waals surface area contributed by atoms with E-state index < -0.39 is 0 Å². The number of hydrogen-bond donors (Lipinski definition) is 1. The van der Waals surface area contributed by atoms with Crippen molar-refractivity contribution in [1.29, 1.82) is 0 Å². The molecule has 1 saturated carbocycles. The van der Waals surface area contributed by atoms with Crippen molar-refractivity contribution in [3.05, 3.63) is 24.3 Å². The van der Waals surface area contributed by atoms with Gasteiger partial charge in [0.1, 0.15) is 5.75 Å². The first-order valence-corrected chi connectivity index (χ1v) is 7.24. The minimum atomic E-state index is 0.102. The van der Waals surface area contributed by atoms with Gasteiger partial charge in [0.05, 0.1) is 12.9 Å². The summed E-state index contributed by atoms with van der Waals surface area (Å²) >= 11 is 1.52. The van der Waals surface area contributed by atoms with Gasteiger partial charge in [-0.1, -0.05) is 12.1 Å². The first kappa shape index (κ1) is 13.3. The van der Waals surface area contributed by atoms with Crippen LogP contribution in [0.15, 0.2) is 29.2 Å². The smallest absolute Gasteiger partial charge is 0.230 e. The lowest BCUT2D eigenvalue weighted by Crippen LogP contribution is -2.35. The van der Waals surface area contributed by atoms with E-state index in [1.54, 1.807) is 7.11 Å². The van der Waals surface area contributed by atoms with Crippen LogP contribution in [0, 0.1) is 5.92 Å². The summed E-state index contributed by atoms with van der Waals surface area (Å²) < 4.78 is 5.25. The molecule has 1 fully saturated rings. The molecule has 0 aliphatic heterocycles. The van der Waals surface area contributed by atoms with Crippen molar-refractivity contribution >= 4 is 17.7 Å². The van der Waals surface area contributed by atoms with Gasteiger partial charge in [0.15, 0.2) is 0 Å². The summed E-state index contributed by atoms with van der Waals surface area (Å²) in [6, 6.07) is 8.08. The minimum Gasteiger partial charge on any atom is -0.496 e. The molecule has 0 aromatic heterocycles. The Hall–Kier alpha value is -1.16. The molecule has 4 heteroatoms. The molecule has 1 aliphatic rings. The molecule has 0 spiro atoms. The lowest BCUT2D eigenvalue weighted by Gasteiger charge is -2.13. The van der Waals surface area contributed by atoms with Crippen LogP contribution in [0.1, 0.15) is 19.8 Å². The number of amides is 1. The van der Waals surface area contributed by atoms with Gasteiger partial charge in [-0.15, -0.1) is 11.8 Å². The van der Waals surface area contributed by atoms with Gasteiger partial charge >= 0.3 is 0 Å². The van der Waals surface area contributed by atoms with E-state index in [1.807, 2.05) is 24.3 Å². The Bertz CT molecular complexity index is 418. The van der Waals surface area contributed by atoms with Gasteiger partial charge in [-0.05, 0) is 37.8 Å². The lowest BCUT2D eigenvalue weighted by atomic mass is 10.2. The normalized spacial score (nSPS) is 16.1. The molecule has 98 valence electrons. The fraction of sp³-hybridized carbons (Fsp3) is 0.500. The molecule has 0 bridgehead atoms. The Morgan fingerprint density at radius 1 is 1.50 bits per heavy atom. The van der Waals surface area contributed by atoms with Crippen LogP contribution in [0.3, 0.4) is 0 Å². The van der Waals surface area contributed by atoms with Crippen molar-refractivity contribution < 1.29 is 9.53 Å². The predicted molar refractivity (Wildman–Crippen MR) is 74.0 cm³/mol. The zero-order chi connectivity index (χ0) is 13.0. The molecule has 2 rings (SSSR count). The van der Waals surface area contributed by atoms with Crippen molar-refractivity contribution in [3.8, 4) is 5.75 Å². The van der Waals surface area contributed by atoms with Crippen LogP contribution in [0.25, 0.3) is 0 Å². The standard InChI is InChI=1S/C14H19NO2S/c1-10(11-7-8-11)15-14(16)9-18-13-6-4-3-5-12(13)17-2/h3-6,10-11H,7-9H2,1-2H3,(H,15,16)/t10-/m1/s1. The van der Waals surface area contributed by atoms with Crippen LogP contribution >= 0.6 is 11.8 Å². The highest BCUT2D eigenvalue weighted by Gasteiger charge is 2.28. The molecule has 1 N–H and O–H groups in total. The molecular weight excluding hydrogens is 246 g/mol. The van der Waals surface area contributed by atoms with Gasteiger partial charge in [0.25, 0.3) is 0 Å². The summed E-state index contributed by atoms with van der Waals surface area (Å²) in [5, 5.41) is 3.05. The maximum atomic E-state index is 11.8. The third kappa shape index (κ3) is 3.67. The summed E-state index contributed by atoms with van der Waals surface area (Å²) in [6.07, 6.45) is 2.50. The van der Waals surface area contributed by atoms with E-state index in [1.165, 1.54) is 24.6 Å². The number of carbonyl (C=O) groups is 1. The largest absolute Gasteiger partial charge is 0.496 e. The monoisotopic (exact) mass is 265 g/mol. The van der Waals surface area contributed by atoms with Gasteiger partial charge in [0, 0.05) is 10.9 Å². The molecule has 18 heavy (non-hydrogen) atoms. The highest BCUT2D eigenvalue weighted by Crippen LogP contribution is 2.32.